The Kier molecular flexibility index (Phi) is 5.46. The Balaban J connectivity index is 1.87. The molecule has 0 aliphatic heterocycles. The fourth-order valence-corrected chi connectivity index (χ4v) is 3.08. The van der Waals surface area contributed by atoms with E-state index in [-0.39, 0.29) is 23.1 Å². The van der Waals surface area contributed by atoms with Crippen LogP contribution in [0.3, 0.4) is 0 Å². The molecule has 28 heavy (non-hydrogen) atoms. The maximum Gasteiger partial charge on any atom is 0.417 e. The molecule has 1 N–H and O–H groups in total. The van der Waals surface area contributed by atoms with E-state index in [1.807, 2.05) is 6.92 Å². The second-order valence-corrected chi connectivity index (χ2v) is 6.52. The van der Waals surface area contributed by atoms with Crippen LogP contribution in [0, 0.1) is 0 Å². The van der Waals surface area contributed by atoms with Crippen LogP contribution >= 0.6 is 11.6 Å². The Morgan fingerprint density at radius 3 is 2.43 bits per heavy atom. The number of hydrogen-bond acceptors (Lipinski definition) is 3. The lowest BCUT2D eigenvalue weighted by Gasteiger charge is -2.10. The molecule has 0 radical (unpaired) electrons. The zero-order valence-corrected chi connectivity index (χ0v) is 15.5. The number of halogens is 4. The van der Waals surface area contributed by atoms with E-state index in [9.17, 15) is 22.8 Å². The summed E-state index contributed by atoms with van der Waals surface area (Å²) in [5.74, 6) is -0.833. The number of anilines is 1. The maximum atomic E-state index is 12.7. The molecule has 0 spiro atoms. The maximum absolute atomic E-state index is 12.7. The second kappa shape index (κ2) is 7.67. The second-order valence-electron chi connectivity index (χ2n) is 6.11. The number of aryl methyl sites for hydroxylation is 1. The van der Waals surface area contributed by atoms with Crippen molar-refractivity contribution in [2.75, 3.05) is 5.32 Å². The first kappa shape index (κ1) is 19.9. The van der Waals surface area contributed by atoms with Crippen LogP contribution in [0.1, 0.15) is 18.9 Å². The minimum Gasteiger partial charge on any atom is -0.308 e. The van der Waals surface area contributed by atoms with Crippen LogP contribution in [-0.2, 0) is 24.1 Å². The molecule has 0 saturated carbocycles. The van der Waals surface area contributed by atoms with Gasteiger partial charge in [0, 0.05) is 12.7 Å². The van der Waals surface area contributed by atoms with Crippen molar-refractivity contribution in [3.05, 3.63) is 57.6 Å². The van der Waals surface area contributed by atoms with E-state index in [4.69, 9.17) is 11.6 Å². The predicted octanol–water partition coefficient (Wildman–Crippen LogP) is 3.92. The number of carbonyl (C=O) groups is 1. The van der Waals surface area contributed by atoms with E-state index in [0.29, 0.717) is 29.8 Å². The molecular formula is C18H16ClF3N4O2. The van der Waals surface area contributed by atoms with Crippen LogP contribution in [-0.4, -0.2) is 20.0 Å². The average Bonchev–Trinajstić information content (AvgIpc) is 2.89. The van der Waals surface area contributed by atoms with Crippen molar-refractivity contribution >= 4 is 34.4 Å². The Morgan fingerprint density at radius 2 is 1.86 bits per heavy atom. The number of pyridine rings is 1. The van der Waals surface area contributed by atoms with Gasteiger partial charge in [-0.2, -0.15) is 13.2 Å². The molecule has 6 nitrogen and oxygen atoms in total. The first-order valence-corrected chi connectivity index (χ1v) is 8.80. The van der Waals surface area contributed by atoms with Gasteiger partial charge in [0.05, 0.1) is 21.6 Å². The number of rotatable bonds is 5. The number of para-hydroxylation sites is 2. The molecule has 1 amide bonds. The third kappa shape index (κ3) is 3.89. The van der Waals surface area contributed by atoms with Gasteiger partial charge >= 0.3 is 11.9 Å². The molecule has 10 heteroatoms. The largest absolute Gasteiger partial charge is 0.417 e. The highest BCUT2D eigenvalue weighted by molar-refractivity contribution is 6.33. The lowest BCUT2D eigenvalue weighted by Crippen LogP contribution is -2.29. The minimum atomic E-state index is -4.59. The quantitative estimate of drug-likeness (QED) is 0.690. The van der Waals surface area contributed by atoms with Gasteiger partial charge in [-0.1, -0.05) is 30.7 Å². The summed E-state index contributed by atoms with van der Waals surface area (Å²) in [7, 11) is 0. The predicted molar refractivity (Wildman–Crippen MR) is 99.4 cm³/mol. The van der Waals surface area contributed by atoms with Gasteiger partial charge in [0.2, 0.25) is 5.91 Å². The van der Waals surface area contributed by atoms with Crippen molar-refractivity contribution in [3.63, 3.8) is 0 Å². The summed E-state index contributed by atoms with van der Waals surface area (Å²) in [5, 5.41) is 2.01. The SMILES string of the molecule is CCCn1c(=O)n(CC(=O)Nc2ncc(C(F)(F)F)cc2Cl)c2ccccc21. The van der Waals surface area contributed by atoms with Gasteiger partial charge in [-0.3, -0.25) is 13.9 Å². The van der Waals surface area contributed by atoms with E-state index in [1.165, 1.54) is 4.57 Å². The Morgan fingerprint density at radius 1 is 1.21 bits per heavy atom. The molecule has 2 heterocycles. The van der Waals surface area contributed by atoms with Crippen molar-refractivity contribution in [2.45, 2.75) is 32.6 Å². The molecule has 0 saturated heterocycles. The molecule has 2 aromatic heterocycles. The van der Waals surface area contributed by atoms with Crippen LogP contribution in [0.15, 0.2) is 41.3 Å². The third-order valence-corrected chi connectivity index (χ3v) is 4.39. The van der Waals surface area contributed by atoms with E-state index in [1.54, 1.807) is 28.8 Å². The number of hydrogen-bond donors (Lipinski definition) is 1. The summed E-state index contributed by atoms with van der Waals surface area (Å²) >= 11 is 5.80. The molecular weight excluding hydrogens is 397 g/mol. The van der Waals surface area contributed by atoms with Gasteiger partial charge in [-0.25, -0.2) is 9.78 Å². The standard InChI is InChI=1S/C18H16ClF3N4O2/c1-2-7-25-13-5-3-4-6-14(13)26(17(25)28)10-15(27)24-16-12(19)8-11(9-23-16)18(20,21)22/h3-6,8-9H,2,7,10H2,1H3,(H,23,24,27). The highest BCUT2D eigenvalue weighted by Crippen LogP contribution is 2.32. The van der Waals surface area contributed by atoms with Gasteiger partial charge in [-0.15, -0.1) is 0 Å². The van der Waals surface area contributed by atoms with E-state index in [2.05, 4.69) is 10.3 Å². The summed E-state index contributed by atoms with van der Waals surface area (Å²) in [5.41, 5.74) is -0.0746. The van der Waals surface area contributed by atoms with Crippen LogP contribution in [0.4, 0.5) is 19.0 Å². The molecule has 0 unspecified atom stereocenters. The zero-order chi connectivity index (χ0) is 20.5. The lowest BCUT2D eigenvalue weighted by atomic mass is 10.3. The van der Waals surface area contributed by atoms with Crippen molar-refractivity contribution in [1.29, 1.82) is 0 Å². The number of nitrogens with one attached hydrogen (secondary N) is 1. The molecule has 0 fully saturated rings. The molecule has 1 aromatic carbocycles. The average molecular weight is 413 g/mol. The number of amides is 1. The summed E-state index contributed by atoms with van der Waals surface area (Å²) in [6, 6.07) is 7.74. The number of imidazole rings is 1. The first-order chi connectivity index (χ1) is 13.2. The fourth-order valence-electron chi connectivity index (χ4n) is 2.87. The van der Waals surface area contributed by atoms with Gasteiger partial charge in [-0.05, 0) is 24.6 Å². The lowest BCUT2D eigenvalue weighted by molar-refractivity contribution is -0.137. The number of benzene rings is 1. The number of fused-ring (bicyclic) bond motifs is 1. The van der Waals surface area contributed by atoms with E-state index >= 15 is 0 Å². The Labute approximate surface area is 162 Å². The van der Waals surface area contributed by atoms with Crippen molar-refractivity contribution in [2.24, 2.45) is 0 Å². The van der Waals surface area contributed by atoms with Crippen LogP contribution in [0.2, 0.25) is 5.02 Å². The molecule has 0 atom stereocenters. The van der Waals surface area contributed by atoms with Crippen LogP contribution in [0.5, 0.6) is 0 Å². The number of carbonyl (C=O) groups excluding carboxylic acids is 1. The molecule has 148 valence electrons. The van der Waals surface area contributed by atoms with Crippen molar-refractivity contribution in [3.8, 4) is 0 Å². The first-order valence-electron chi connectivity index (χ1n) is 8.43. The van der Waals surface area contributed by atoms with E-state index < -0.39 is 17.6 Å². The van der Waals surface area contributed by atoms with Gasteiger partial charge in [0.15, 0.2) is 5.82 Å². The van der Waals surface area contributed by atoms with Crippen LogP contribution in [0.25, 0.3) is 11.0 Å². The summed E-state index contributed by atoms with van der Waals surface area (Å²) in [4.78, 5) is 28.6. The normalized spacial score (nSPS) is 11.8. The highest BCUT2D eigenvalue weighted by Gasteiger charge is 2.31. The smallest absolute Gasteiger partial charge is 0.308 e. The summed E-state index contributed by atoms with van der Waals surface area (Å²) in [6.45, 7) is 2.11. The number of nitrogens with zero attached hydrogens (tertiary/aromatic N) is 3. The summed E-state index contributed by atoms with van der Waals surface area (Å²) in [6.07, 6.45) is -3.26. The zero-order valence-electron chi connectivity index (χ0n) is 14.8. The van der Waals surface area contributed by atoms with Crippen molar-refractivity contribution < 1.29 is 18.0 Å². The third-order valence-electron chi connectivity index (χ3n) is 4.10. The topological polar surface area (TPSA) is 68.9 Å². The monoisotopic (exact) mass is 412 g/mol. The Bertz CT molecular complexity index is 1090. The number of aromatic nitrogens is 3. The molecule has 0 aliphatic carbocycles. The molecule has 0 bridgehead atoms. The van der Waals surface area contributed by atoms with Crippen LogP contribution < -0.4 is 11.0 Å². The molecule has 0 aliphatic rings. The molecule has 3 aromatic rings. The van der Waals surface area contributed by atoms with Gasteiger partial charge < -0.3 is 5.32 Å². The minimum absolute atomic E-state index is 0.204. The van der Waals surface area contributed by atoms with Gasteiger partial charge in [0.25, 0.3) is 0 Å². The van der Waals surface area contributed by atoms with Crippen molar-refractivity contribution in [1.82, 2.24) is 14.1 Å². The van der Waals surface area contributed by atoms with E-state index in [0.717, 1.165) is 6.42 Å². The Hall–Kier alpha value is -2.81. The molecule has 3 rings (SSSR count). The van der Waals surface area contributed by atoms with Gasteiger partial charge in [0.1, 0.15) is 6.54 Å². The number of alkyl halides is 3. The fraction of sp³-hybridized carbons (Fsp3) is 0.278. The summed E-state index contributed by atoms with van der Waals surface area (Å²) < 4.78 is 40.9. The highest BCUT2D eigenvalue weighted by atomic mass is 35.5.